The Labute approximate surface area is 141 Å². The molecule has 0 spiro atoms. The van der Waals surface area contributed by atoms with Crippen LogP contribution in [0.5, 0.6) is 0 Å². The minimum absolute atomic E-state index is 0.184. The van der Waals surface area contributed by atoms with Gasteiger partial charge in [0.05, 0.1) is 22.6 Å². The van der Waals surface area contributed by atoms with E-state index in [-0.39, 0.29) is 5.91 Å². The summed E-state index contributed by atoms with van der Waals surface area (Å²) in [6, 6.07) is 15.5. The molecule has 0 fully saturated rings. The number of para-hydroxylation sites is 2. The van der Waals surface area contributed by atoms with E-state index in [2.05, 4.69) is 15.3 Å². The van der Waals surface area contributed by atoms with Crippen molar-refractivity contribution in [3.8, 4) is 0 Å². The lowest BCUT2D eigenvalue weighted by molar-refractivity contribution is 0.0954. The topological polar surface area (TPSA) is 57.8 Å². The molecule has 2 N–H and O–H groups in total. The molecular weight excluding hydrogens is 330 g/mol. The number of nitrogens with one attached hydrogen (secondary N) is 2. The van der Waals surface area contributed by atoms with Crippen molar-refractivity contribution in [3.05, 3.63) is 64.3 Å². The Kier molecular flexibility index (Phi) is 3.52. The minimum Gasteiger partial charge on any atom is -0.344 e. The summed E-state index contributed by atoms with van der Waals surface area (Å²) in [4.78, 5) is 20.6. The Morgan fingerprint density at radius 1 is 1.17 bits per heavy atom. The van der Waals surface area contributed by atoms with E-state index in [9.17, 15) is 4.79 Å². The second-order valence-electron chi connectivity index (χ2n) is 5.12. The Hall–Kier alpha value is -2.37. The molecule has 114 valence electrons. The third-order valence-electron chi connectivity index (χ3n) is 3.60. The fourth-order valence-electron chi connectivity index (χ4n) is 2.49. The first-order chi connectivity index (χ1) is 11.2. The number of thiophene rings is 1. The second kappa shape index (κ2) is 5.68. The van der Waals surface area contributed by atoms with Gasteiger partial charge in [-0.3, -0.25) is 4.79 Å². The number of carbonyl (C=O) groups excluding carboxylic acids is 1. The number of rotatable bonds is 3. The molecule has 0 aliphatic carbocycles. The maximum Gasteiger partial charge on any atom is 0.263 e. The van der Waals surface area contributed by atoms with Gasteiger partial charge in [-0.15, -0.1) is 11.3 Å². The molecule has 4 nitrogen and oxygen atoms in total. The predicted molar refractivity (Wildman–Crippen MR) is 94.1 cm³/mol. The number of fused-ring (bicyclic) bond motifs is 2. The van der Waals surface area contributed by atoms with Crippen molar-refractivity contribution < 1.29 is 4.79 Å². The number of imidazole rings is 1. The van der Waals surface area contributed by atoms with E-state index >= 15 is 0 Å². The van der Waals surface area contributed by atoms with Gasteiger partial charge in [-0.05, 0) is 18.2 Å². The fraction of sp³-hybridized carbons (Fsp3) is 0.0588. The van der Waals surface area contributed by atoms with Crippen LogP contribution >= 0.6 is 22.9 Å². The van der Waals surface area contributed by atoms with Crippen LogP contribution in [0.25, 0.3) is 21.1 Å². The third-order valence-corrected chi connectivity index (χ3v) is 5.27. The first kappa shape index (κ1) is 14.2. The molecule has 2 aromatic heterocycles. The summed E-state index contributed by atoms with van der Waals surface area (Å²) in [7, 11) is 0. The van der Waals surface area contributed by atoms with Gasteiger partial charge in [0.15, 0.2) is 0 Å². The number of aromatic nitrogens is 2. The third kappa shape index (κ3) is 2.58. The summed E-state index contributed by atoms with van der Waals surface area (Å²) in [5, 5.41) is 4.29. The molecule has 0 unspecified atom stereocenters. The normalized spacial score (nSPS) is 11.2. The smallest absolute Gasteiger partial charge is 0.263 e. The highest BCUT2D eigenvalue weighted by Gasteiger charge is 2.17. The summed E-state index contributed by atoms with van der Waals surface area (Å²) in [5.41, 5.74) is 1.84. The molecule has 4 aromatic rings. The number of hydrogen-bond acceptors (Lipinski definition) is 3. The number of nitrogens with zero attached hydrogens (tertiary/aromatic N) is 1. The van der Waals surface area contributed by atoms with E-state index in [1.165, 1.54) is 11.3 Å². The summed E-state index contributed by atoms with van der Waals surface area (Å²) in [5.74, 6) is 0.536. The maximum atomic E-state index is 12.4. The van der Waals surface area contributed by atoms with Crippen LogP contribution in [-0.4, -0.2) is 15.9 Å². The molecule has 0 atom stereocenters. The quantitative estimate of drug-likeness (QED) is 0.581. The van der Waals surface area contributed by atoms with Crippen LogP contribution in [-0.2, 0) is 6.54 Å². The summed E-state index contributed by atoms with van der Waals surface area (Å²) in [6.07, 6.45) is 0. The molecule has 0 bridgehead atoms. The van der Waals surface area contributed by atoms with Crippen LogP contribution in [0.15, 0.2) is 48.5 Å². The predicted octanol–water partition coefficient (Wildman–Crippen LogP) is 4.36. The molecule has 2 heterocycles. The number of aromatic amines is 1. The average molecular weight is 342 g/mol. The van der Waals surface area contributed by atoms with Crippen molar-refractivity contribution in [2.75, 3.05) is 0 Å². The average Bonchev–Trinajstić information content (AvgIpc) is 3.14. The molecule has 2 aromatic carbocycles. The molecule has 23 heavy (non-hydrogen) atoms. The molecule has 1 amide bonds. The van der Waals surface area contributed by atoms with Crippen LogP contribution in [0.3, 0.4) is 0 Å². The van der Waals surface area contributed by atoms with Crippen LogP contribution in [0.4, 0.5) is 0 Å². The Bertz CT molecular complexity index is 988. The van der Waals surface area contributed by atoms with Gasteiger partial charge in [-0.1, -0.05) is 41.9 Å². The van der Waals surface area contributed by atoms with Gasteiger partial charge in [0.25, 0.3) is 5.91 Å². The number of H-pyrrole nitrogens is 1. The molecule has 4 rings (SSSR count). The highest BCUT2D eigenvalue weighted by atomic mass is 35.5. The van der Waals surface area contributed by atoms with Gasteiger partial charge in [0.2, 0.25) is 0 Å². The lowest BCUT2D eigenvalue weighted by Gasteiger charge is -2.01. The van der Waals surface area contributed by atoms with Gasteiger partial charge in [0.1, 0.15) is 10.7 Å². The summed E-state index contributed by atoms with van der Waals surface area (Å²) >= 11 is 7.72. The minimum atomic E-state index is -0.184. The van der Waals surface area contributed by atoms with E-state index in [0.717, 1.165) is 26.9 Å². The standard InChI is InChI=1S/C17H12ClN3OS/c18-15-10-5-1-4-8-13(10)23-16(15)17(22)19-9-14-20-11-6-2-3-7-12(11)21-14/h1-8H,9H2,(H,19,22)(H,20,21). The second-order valence-corrected chi connectivity index (χ2v) is 6.55. The molecule has 6 heteroatoms. The molecule has 0 aliphatic heterocycles. The van der Waals surface area contributed by atoms with Crippen molar-refractivity contribution >= 4 is 50.0 Å². The van der Waals surface area contributed by atoms with E-state index in [0.29, 0.717) is 16.4 Å². The first-order valence-corrected chi connectivity index (χ1v) is 8.30. The SMILES string of the molecule is O=C(NCc1nc2ccccc2[nH]1)c1sc2ccccc2c1Cl. The van der Waals surface area contributed by atoms with Crippen molar-refractivity contribution in [2.24, 2.45) is 0 Å². The van der Waals surface area contributed by atoms with E-state index in [1.54, 1.807) is 0 Å². The first-order valence-electron chi connectivity index (χ1n) is 7.11. The van der Waals surface area contributed by atoms with Crippen molar-refractivity contribution in [2.45, 2.75) is 6.54 Å². The molecule has 0 saturated carbocycles. The van der Waals surface area contributed by atoms with Gasteiger partial charge in [0, 0.05) is 10.1 Å². The van der Waals surface area contributed by atoms with Crippen LogP contribution < -0.4 is 5.32 Å². The van der Waals surface area contributed by atoms with E-state index in [1.807, 2.05) is 48.5 Å². The van der Waals surface area contributed by atoms with Crippen LogP contribution in [0.2, 0.25) is 5.02 Å². The number of amides is 1. The number of carbonyl (C=O) groups is 1. The van der Waals surface area contributed by atoms with Crippen molar-refractivity contribution in [3.63, 3.8) is 0 Å². The van der Waals surface area contributed by atoms with E-state index < -0.39 is 0 Å². The highest BCUT2D eigenvalue weighted by Crippen LogP contribution is 2.34. The van der Waals surface area contributed by atoms with Crippen molar-refractivity contribution in [1.82, 2.24) is 15.3 Å². The maximum absolute atomic E-state index is 12.4. The molecule has 0 aliphatic rings. The van der Waals surface area contributed by atoms with Crippen LogP contribution in [0, 0.1) is 0 Å². The zero-order valence-electron chi connectivity index (χ0n) is 12.0. The number of halogens is 1. The van der Waals surface area contributed by atoms with Crippen molar-refractivity contribution in [1.29, 1.82) is 0 Å². The molecular formula is C17H12ClN3OS. The fourth-order valence-corrected chi connectivity index (χ4v) is 3.93. The molecule has 0 radical (unpaired) electrons. The Morgan fingerprint density at radius 3 is 2.78 bits per heavy atom. The zero-order chi connectivity index (χ0) is 15.8. The van der Waals surface area contributed by atoms with E-state index in [4.69, 9.17) is 11.6 Å². The summed E-state index contributed by atoms with van der Waals surface area (Å²) in [6.45, 7) is 0.331. The highest BCUT2D eigenvalue weighted by molar-refractivity contribution is 7.21. The zero-order valence-corrected chi connectivity index (χ0v) is 13.5. The summed E-state index contributed by atoms with van der Waals surface area (Å²) < 4.78 is 1.01. The van der Waals surface area contributed by atoms with Gasteiger partial charge < -0.3 is 10.3 Å². The number of benzene rings is 2. The van der Waals surface area contributed by atoms with Gasteiger partial charge in [-0.2, -0.15) is 0 Å². The van der Waals surface area contributed by atoms with Gasteiger partial charge in [-0.25, -0.2) is 4.98 Å². The lowest BCUT2D eigenvalue weighted by atomic mass is 10.2. The molecule has 0 saturated heterocycles. The van der Waals surface area contributed by atoms with Gasteiger partial charge >= 0.3 is 0 Å². The largest absolute Gasteiger partial charge is 0.344 e. The van der Waals surface area contributed by atoms with Crippen LogP contribution in [0.1, 0.15) is 15.5 Å². The Morgan fingerprint density at radius 2 is 1.96 bits per heavy atom. The lowest BCUT2D eigenvalue weighted by Crippen LogP contribution is -2.22. The number of hydrogen-bond donors (Lipinski definition) is 2. The monoisotopic (exact) mass is 341 g/mol. The Balaban J connectivity index is 1.56.